The summed E-state index contributed by atoms with van der Waals surface area (Å²) in [6.07, 6.45) is 2.21. The molecular weight excluding hydrogens is 251 g/mol. The number of nitrogens with zero attached hydrogens (tertiary/aromatic N) is 2. The molecule has 0 radical (unpaired) electrons. The van der Waals surface area contributed by atoms with Gasteiger partial charge in [-0.2, -0.15) is 0 Å². The van der Waals surface area contributed by atoms with Gasteiger partial charge in [0.1, 0.15) is 11.6 Å². The van der Waals surface area contributed by atoms with E-state index in [4.69, 9.17) is 11.6 Å². The first kappa shape index (κ1) is 13.3. The topological polar surface area (TPSA) is 17.8 Å². The summed E-state index contributed by atoms with van der Waals surface area (Å²) in [4.78, 5) is 4.43. The molecule has 4 heteroatoms. The summed E-state index contributed by atoms with van der Waals surface area (Å²) in [5, 5.41) is 0. The highest BCUT2D eigenvalue weighted by atomic mass is 35.5. The summed E-state index contributed by atoms with van der Waals surface area (Å²) in [5.74, 6) is 1.63. The van der Waals surface area contributed by atoms with Crippen LogP contribution in [0.15, 0.2) is 18.2 Å². The Balaban J connectivity index is 2.30. The van der Waals surface area contributed by atoms with Crippen LogP contribution in [0.2, 0.25) is 0 Å². The zero-order chi connectivity index (χ0) is 13.1. The van der Waals surface area contributed by atoms with E-state index in [2.05, 4.69) is 18.8 Å². The molecule has 0 fully saturated rings. The molecule has 1 aromatic carbocycles. The van der Waals surface area contributed by atoms with Crippen LogP contribution in [-0.2, 0) is 12.4 Å². The monoisotopic (exact) mass is 268 g/mol. The minimum atomic E-state index is -0.228. The average molecular weight is 269 g/mol. The summed E-state index contributed by atoms with van der Waals surface area (Å²) < 4.78 is 15.3. The molecule has 0 aliphatic heterocycles. The van der Waals surface area contributed by atoms with Crippen molar-refractivity contribution in [3.8, 4) is 0 Å². The Hall–Kier alpha value is -1.09. The molecule has 0 bridgehead atoms. The number of benzene rings is 1. The second-order valence-corrected chi connectivity index (χ2v) is 5.25. The van der Waals surface area contributed by atoms with Crippen LogP contribution in [0.5, 0.6) is 0 Å². The van der Waals surface area contributed by atoms with Crippen molar-refractivity contribution < 1.29 is 4.39 Å². The van der Waals surface area contributed by atoms with Crippen molar-refractivity contribution in [1.82, 2.24) is 9.55 Å². The molecule has 18 heavy (non-hydrogen) atoms. The van der Waals surface area contributed by atoms with Gasteiger partial charge in [0, 0.05) is 6.54 Å². The molecule has 0 unspecified atom stereocenters. The first-order chi connectivity index (χ1) is 8.61. The Bertz CT molecular complexity index is 534. The Kier molecular flexibility index (Phi) is 4.23. The Labute approximate surface area is 112 Å². The van der Waals surface area contributed by atoms with Crippen LogP contribution in [0.25, 0.3) is 11.0 Å². The van der Waals surface area contributed by atoms with Crippen molar-refractivity contribution in [2.45, 2.75) is 39.1 Å². The van der Waals surface area contributed by atoms with Gasteiger partial charge in [-0.25, -0.2) is 9.37 Å². The molecule has 0 saturated carbocycles. The Morgan fingerprint density at radius 3 is 2.83 bits per heavy atom. The molecule has 0 atom stereocenters. The molecule has 0 spiro atoms. The molecule has 2 rings (SSSR count). The van der Waals surface area contributed by atoms with E-state index < -0.39 is 0 Å². The number of rotatable bonds is 5. The number of alkyl halides is 1. The second-order valence-electron chi connectivity index (χ2n) is 4.98. The van der Waals surface area contributed by atoms with E-state index in [1.807, 2.05) is 4.57 Å². The Morgan fingerprint density at radius 2 is 2.17 bits per heavy atom. The van der Waals surface area contributed by atoms with Crippen LogP contribution in [-0.4, -0.2) is 9.55 Å². The van der Waals surface area contributed by atoms with E-state index >= 15 is 0 Å². The summed E-state index contributed by atoms with van der Waals surface area (Å²) in [5.41, 5.74) is 1.66. The van der Waals surface area contributed by atoms with Gasteiger partial charge in [0.05, 0.1) is 16.9 Å². The van der Waals surface area contributed by atoms with E-state index in [0.717, 1.165) is 36.2 Å². The second kappa shape index (κ2) is 5.70. The zero-order valence-corrected chi connectivity index (χ0v) is 11.5. The lowest BCUT2D eigenvalue weighted by Crippen LogP contribution is -2.03. The number of aromatic nitrogens is 2. The number of imidazole rings is 1. The predicted octanol–water partition coefficient (Wildman–Crippen LogP) is 4.35. The number of hydrogen-bond donors (Lipinski definition) is 0. The average Bonchev–Trinajstić information content (AvgIpc) is 2.66. The molecular formula is C14H18ClFN2. The molecule has 0 amide bonds. The van der Waals surface area contributed by atoms with Crippen molar-refractivity contribution in [3.05, 3.63) is 29.8 Å². The Morgan fingerprint density at radius 1 is 1.39 bits per heavy atom. The van der Waals surface area contributed by atoms with Gasteiger partial charge in [0.2, 0.25) is 0 Å². The standard InChI is InChI=1S/C14H18ClFN2/c1-10(2)4-3-7-18-13-8-11(16)5-6-12(13)17-14(18)9-15/h5-6,8,10H,3-4,7,9H2,1-2H3. The van der Waals surface area contributed by atoms with E-state index in [-0.39, 0.29) is 5.82 Å². The minimum Gasteiger partial charge on any atom is -0.327 e. The lowest BCUT2D eigenvalue weighted by molar-refractivity contribution is 0.511. The van der Waals surface area contributed by atoms with Crippen LogP contribution >= 0.6 is 11.6 Å². The van der Waals surface area contributed by atoms with Crippen LogP contribution in [0.1, 0.15) is 32.5 Å². The minimum absolute atomic E-state index is 0.228. The van der Waals surface area contributed by atoms with Crippen LogP contribution in [0, 0.1) is 11.7 Å². The third-order valence-electron chi connectivity index (χ3n) is 3.07. The largest absolute Gasteiger partial charge is 0.327 e. The summed E-state index contributed by atoms with van der Waals surface area (Å²) in [6, 6.07) is 4.68. The van der Waals surface area contributed by atoms with Crippen molar-refractivity contribution in [2.24, 2.45) is 5.92 Å². The maximum Gasteiger partial charge on any atom is 0.125 e. The SMILES string of the molecule is CC(C)CCCn1c(CCl)nc2ccc(F)cc21. The molecule has 0 aliphatic rings. The molecule has 1 aromatic heterocycles. The smallest absolute Gasteiger partial charge is 0.125 e. The van der Waals surface area contributed by atoms with E-state index in [1.54, 1.807) is 6.07 Å². The molecule has 0 aliphatic carbocycles. The predicted molar refractivity (Wildman–Crippen MR) is 73.3 cm³/mol. The van der Waals surface area contributed by atoms with Gasteiger partial charge < -0.3 is 4.57 Å². The first-order valence-corrected chi connectivity index (χ1v) is 6.86. The van der Waals surface area contributed by atoms with Crippen molar-refractivity contribution >= 4 is 22.6 Å². The van der Waals surface area contributed by atoms with Gasteiger partial charge in [-0.15, -0.1) is 11.6 Å². The highest BCUT2D eigenvalue weighted by Crippen LogP contribution is 2.20. The van der Waals surface area contributed by atoms with Crippen LogP contribution < -0.4 is 0 Å². The van der Waals surface area contributed by atoms with Gasteiger partial charge in [0.15, 0.2) is 0 Å². The highest BCUT2D eigenvalue weighted by Gasteiger charge is 2.10. The van der Waals surface area contributed by atoms with Crippen molar-refractivity contribution in [2.75, 3.05) is 0 Å². The zero-order valence-electron chi connectivity index (χ0n) is 10.8. The fraction of sp³-hybridized carbons (Fsp3) is 0.500. The van der Waals surface area contributed by atoms with Gasteiger partial charge in [-0.1, -0.05) is 13.8 Å². The quantitative estimate of drug-likeness (QED) is 0.737. The van der Waals surface area contributed by atoms with Gasteiger partial charge in [0.25, 0.3) is 0 Å². The number of halogens is 2. The summed E-state index contributed by atoms with van der Waals surface area (Å²) in [6.45, 7) is 5.25. The fourth-order valence-corrected chi connectivity index (χ4v) is 2.36. The summed E-state index contributed by atoms with van der Waals surface area (Å²) >= 11 is 5.91. The highest BCUT2D eigenvalue weighted by molar-refractivity contribution is 6.16. The van der Waals surface area contributed by atoms with Crippen LogP contribution in [0.3, 0.4) is 0 Å². The molecule has 1 heterocycles. The van der Waals surface area contributed by atoms with Crippen molar-refractivity contribution in [1.29, 1.82) is 0 Å². The molecule has 0 N–H and O–H groups in total. The number of hydrogen-bond acceptors (Lipinski definition) is 1. The van der Waals surface area contributed by atoms with Gasteiger partial charge in [-0.3, -0.25) is 0 Å². The third-order valence-corrected chi connectivity index (χ3v) is 3.31. The summed E-state index contributed by atoms with van der Waals surface area (Å²) in [7, 11) is 0. The van der Waals surface area contributed by atoms with Gasteiger partial charge in [-0.05, 0) is 37.0 Å². The fourth-order valence-electron chi connectivity index (χ4n) is 2.15. The maximum atomic E-state index is 13.3. The normalized spacial score (nSPS) is 11.6. The van der Waals surface area contributed by atoms with Crippen LogP contribution in [0.4, 0.5) is 4.39 Å². The first-order valence-electron chi connectivity index (χ1n) is 6.32. The number of aryl methyl sites for hydroxylation is 1. The molecule has 2 aromatic rings. The van der Waals surface area contributed by atoms with E-state index in [9.17, 15) is 4.39 Å². The molecule has 98 valence electrons. The van der Waals surface area contributed by atoms with Crippen molar-refractivity contribution in [3.63, 3.8) is 0 Å². The maximum absolute atomic E-state index is 13.3. The molecule has 2 nitrogen and oxygen atoms in total. The van der Waals surface area contributed by atoms with E-state index in [0.29, 0.717) is 11.8 Å². The van der Waals surface area contributed by atoms with E-state index in [1.165, 1.54) is 12.1 Å². The lowest BCUT2D eigenvalue weighted by atomic mass is 10.1. The van der Waals surface area contributed by atoms with Gasteiger partial charge >= 0.3 is 0 Å². The third kappa shape index (κ3) is 2.83. The lowest BCUT2D eigenvalue weighted by Gasteiger charge is -2.09. The number of fused-ring (bicyclic) bond motifs is 1. The molecule has 0 saturated heterocycles.